The molecule has 3 unspecified atom stereocenters. The monoisotopic (exact) mass is 367 g/mol. The minimum atomic E-state index is 0.0519. The molecule has 142 valence electrons. The summed E-state index contributed by atoms with van der Waals surface area (Å²) in [6.45, 7) is 0.959. The van der Waals surface area contributed by atoms with Crippen LogP contribution in [-0.4, -0.2) is 23.0 Å². The quantitative estimate of drug-likeness (QED) is 0.618. The van der Waals surface area contributed by atoms with Gasteiger partial charge in [-0.3, -0.25) is 4.79 Å². The highest BCUT2D eigenvalue weighted by Gasteiger charge is 2.36. The number of amides is 1. The van der Waals surface area contributed by atoms with Gasteiger partial charge in [-0.2, -0.15) is 5.53 Å². The Morgan fingerprint density at radius 3 is 2.85 bits per heavy atom. The fourth-order valence-corrected chi connectivity index (χ4v) is 3.67. The Hall–Kier alpha value is -2.48. The maximum absolute atomic E-state index is 12.5. The van der Waals surface area contributed by atoms with E-state index in [4.69, 9.17) is 4.74 Å². The number of aromatic nitrogens is 1. The number of ether oxygens (including phenoxy) is 1. The van der Waals surface area contributed by atoms with Crippen molar-refractivity contribution < 1.29 is 9.53 Å². The maximum atomic E-state index is 12.5. The highest BCUT2D eigenvalue weighted by atomic mass is 16.5. The second kappa shape index (κ2) is 8.47. The zero-order valence-electron chi connectivity index (χ0n) is 15.2. The molecule has 4 N–H and O–H groups in total. The van der Waals surface area contributed by atoms with E-state index in [0.717, 1.165) is 30.4 Å². The Bertz CT molecular complexity index is 770. The molecule has 2 heterocycles. The molecule has 1 aliphatic carbocycles. The van der Waals surface area contributed by atoms with Crippen LogP contribution in [0.1, 0.15) is 30.4 Å². The first-order chi connectivity index (χ1) is 13.3. The summed E-state index contributed by atoms with van der Waals surface area (Å²) in [7, 11) is 0. The van der Waals surface area contributed by atoms with Crippen LogP contribution in [0, 0.1) is 5.92 Å². The fourth-order valence-electron chi connectivity index (χ4n) is 3.67. The molecule has 0 spiro atoms. The van der Waals surface area contributed by atoms with Crippen molar-refractivity contribution in [1.82, 2.24) is 26.7 Å². The molecule has 1 aromatic carbocycles. The number of hydrazine groups is 2. The molecule has 1 aromatic heterocycles. The zero-order valence-corrected chi connectivity index (χ0v) is 15.2. The van der Waals surface area contributed by atoms with E-state index in [1.165, 1.54) is 0 Å². The minimum absolute atomic E-state index is 0.0519. The molecule has 7 heteroatoms. The molecule has 1 aliphatic heterocycles. The van der Waals surface area contributed by atoms with Gasteiger partial charge in [-0.15, -0.1) is 0 Å². The molecule has 27 heavy (non-hydrogen) atoms. The normalized spacial score (nSPS) is 24.2. The highest BCUT2D eigenvalue weighted by Crippen LogP contribution is 2.26. The molecule has 4 rings (SSSR count). The van der Waals surface area contributed by atoms with Crippen molar-refractivity contribution in [2.45, 2.75) is 44.5 Å². The molecule has 0 radical (unpaired) electrons. The van der Waals surface area contributed by atoms with E-state index >= 15 is 0 Å². The van der Waals surface area contributed by atoms with Crippen molar-refractivity contribution in [2.24, 2.45) is 5.92 Å². The summed E-state index contributed by atoms with van der Waals surface area (Å²) in [5, 5.41) is 3.06. The number of hydrogen-bond acceptors (Lipinski definition) is 6. The van der Waals surface area contributed by atoms with Crippen LogP contribution in [0.3, 0.4) is 0 Å². The van der Waals surface area contributed by atoms with Crippen molar-refractivity contribution in [1.29, 1.82) is 0 Å². The van der Waals surface area contributed by atoms with Crippen LogP contribution < -0.4 is 26.4 Å². The highest BCUT2D eigenvalue weighted by molar-refractivity contribution is 5.78. The average Bonchev–Trinajstić information content (AvgIpc) is 3.19. The first-order valence-corrected chi connectivity index (χ1v) is 9.43. The van der Waals surface area contributed by atoms with Gasteiger partial charge in [0.15, 0.2) is 0 Å². The minimum Gasteiger partial charge on any atom is -0.473 e. The second-order valence-corrected chi connectivity index (χ2v) is 7.13. The zero-order chi connectivity index (χ0) is 18.5. The number of carbonyl (C=O) groups is 1. The van der Waals surface area contributed by atoms with Gasteiger partial charge in [-0.05, 0) is 36.5 Å². The smallest absolute Gasteiger partial charge is 0.223 e. The number of carbonyl (C=O) groups excluding carboxylic acids is 1. The van der Waals surface area contributed by atoms with E-state index in [1.807, 2.05) is 42.5 Å². The number of benzene rings is 1. The van der Waals surface area contributed by atoms with Gasteiger partial charge in [-0.25, -0.2) is 15.8 Å². The van der Waals surface area contributed by atoms with Crippen LogP contribution in [0.5, 0.6) is 5.88 Å². The van der Waals surface area contributed by atoms with Gasteiger partial charge in [0.25, 0.3) is 0 Å². The number of nitrogens with one attached hydrogen (secondary N) is 4. The summed E-state index contributed by atoms with van der Waals surface area (Å²) in [6.07, 6.45) is 4.46. The molecule has 7 nitrogen and oxygen atoms in total. The van der Waals surface area contributed by atoms with Crippen LogP contribution in [0.15, 0.2) is 48.7 Å². The first kappa shape index (κ1) is 17.9. The van der Waals surface area contributed by atoms with E-state index < -0.39 is 0 Å². The predicted molar refractivity (Wildman–Crippen MR) is 101 cm³/mol. The van der Waals surface area contributed by atoms with E-state index in [9.17, 15) is 4.79 Å². The molecule has 1 saturated heterocycles. The van der Waals surface area contributed by atoms with Crippen molar-refractivity contribution in [3.05, 3.63) is 59.8 Å². The summed E-state index contributed by atoms with van der Waals surface area (Å²) in [6, 6.07) is 14.5. The summed E-state index contributed by atoms with van der Waals surface area (Å²) in [5.74, 6) is 0.736. The SMILES string of the molecule is O=C(NCc1ccnc(OCc2ccccc2)c1)C1CCC2NNNC2C1. The Morgan fingerprint density at radius 1 is 1.11 bits per heavy atom. The largest absolute Gasteiger partial charge is 0.473 e. The fraction of sp³-hybridized carbons (Fsp3) is 0.400. The topological polar surface area (TPSA) is 87.3 Å². The molecule has 0 bridgehead atoms. The van der Waals surface area contributed by atoms with Crippen molar-refractivity contribution in [3.8, 4) is 5.88 Å². The van der Waals surface area contributed by atoms with Gasteiger partial charge >= 0.3 is 0 Å². The molecule has 2 aliphatic rings. The molecule has 1 saturated carbocycles. The van der Waals surface area contributed by atoms with Crippen LogP contribution in [0.25, 0.3) is 0 Å². The lowest BCUT2D eigenvalue weighted by atomic mass is 9.82. The molecule has 2 fully saturated rings. The number of hydrogen-bond donors (Lipinski definition) is 4. The third kappa shape index (κ3) is 4.63. The Morgan fingerprint density at radius 2 is 1.96 bits per heavy atom. The standard InChI is InChI=1S/C20H25N5O2/c26-20(16-6-7-17-18(11-16)24-25-23-17)22-12-15-8-9-21-19(10-15)27-13-14-4-2-1-3-5-14/h1-5,8-10,16-18,23-25H,6-7,11-13H2,(H,22,26). The summed E-state index contributed by atoms with van der Waals surface area (Å²) >= 11 is 0. The molecular weight excluding hydrogens is 342 g/mol. The lowest BCUT2D eigenvalue weighted by Gasteiger charge is -2.29. The van der Waals surface area contributed by atoms with E-state index in [2.05, 4.69) is 26.7 Å². The summed E-state index contributed by atoms with van der Waals surface area (Å²) in [4.78, 5) is 16.8. The number of rotatable bonds is 6. The van der Waals surface area contributed by atoms with Crippen LogP contribution in [0.2, 0.25) is 0 Å². The first-order valence-electron chi connectivity index (χ1n) is 9.43. The van der Waals surface area contributed by atoms with Crippen molar-refractivity contribution in [2.75, 3.05) is 0 Å². The average molecular weight is 367 g/mol. The summed E-state index contributed by atoms with van der Waals surface area (Å²) in [5.41, 5.74) is 11.4. The van der Waals surface area contributed by atoms with Gasteiger partial charge in [-0.1, -0.05) is 30.3 Å². The Labute approximate surface area is 158 Å². The second-order valence-electron chi connectivity index (χ2n) is 7.13. The van der Waals surface area contributed by atoms with E-state index in [1.54, 1.807) is 6.20 Å². The van der Waals surface area contributed by atoms with Gasteiger partial charge in [0.1, 0.15) is 6.61 Å². The van der Waals surface area contributed by atoms with E-state index in [0.29, 0.717) is 31.1 Å². The maximum Gasteiger partial charge on any atom is 0.223 e. The number of pyridine rings is 1. The Kier molecular flexibility index (Phi) is 5.62. The molecule has 3 atom stereocenters. The van der Waals surface area contributed by atoms with Gasteiger partial charge < -0.3 is 10.1 Å². The molecule has 2 aromatic rings. The number of fused-ring (bicyclic) bond motifs is 1. The van der Waals surface area contributed by atoms with Crippen molar-refractivity contribution >= 4 is 5.91 Å². The third-order valence-corrected chi connectivity index (χ3v) is 5.23. The number of nitrogens with zero attached hydrogens (tertiary/aromatic N) is 1. The van der Waals surface area contributed by atoms with E-state index in [-0.39, 0.29) is 11.8 Å². The van der Waals surface area contributed by atoms with Crippen LogP contribution in [0.4, 0.5) is 0 Å². The van der Waals surface area contributed by atoms with Gasteiger partial charge in [0.05, 0.1) is 0 Å². The van der Waals surface area contributed by atoms with Crippen LogP contribution >= 0.6 is 0 Å². The molecule has 1 amide bonds. The molecular formula is C20H25N5O2. The van der Waals surface area contributed by atoms with Crippen molar-refractivity contribution in [3.63, 3.8) is 0 Å². The van der Waals surface area contributed by atoms with Gasteiger partial charge in [0.2, 0.25) is 11.8 Å². The predicted octanol–water partition coefficient (Wildman–Crippen LogP) is 1.43. The van der Waals surface area contributed by atoms with Crippen LogP contribution in [-0.2, 0) is 17.9 Å². The lowest BCUT2D eigenvalue weighted by molar-refractivity contribution is -0.126. The summed E-state index contributed by atoms with van der Waals surface area (Å²) < 4.78 is 5.76. The lowest BCUT2D eigenvalue weighted by Crippen LogP contribution is -2.44. The van der Waals surface area contributed by atoms with Gasteiger partial charge in [0, 0.05) is 36.8 Å². The third-order valence-electron chi connectivity index (χ3n) is 5.23. The Balaban J connectivity index is 1.27.